The van der Waals surface area contributed by atoms with Crippen molar-refractivity contribution in [1.29, 1.82) is 5.41 Å². The fraction of sp³-hybridized carbons (Fsp3) is 0.615. The average molecular weight is 612 g/mol. The summed E-state index contributed by atoms with van der Waals surface area (Å²) in [7, 11) is 0. The van der Waals surface area contributed by atoms with Crippen LogP contribution in [0.4, 0.5) is 0 Å². The zero-order chi connectivity index (χ0) is 32.2. The Balaban J connectivity index is 2.65. The van der Waals surface area contributed by atoms with E-state index in [-0.39, 0.29) is 63.6 Å². The van der Waals surface area contributed by atoms with E-state index in [4.69, 9.17) is 15.3 Å². The number of hydrogen-bond acceptors (Lipinski definition) is 13. The molecule has 1 heterocycles. The van der Waals surface area contributed by atoms with E-state index in [1.165, 1.54) is 17.1 Å². The molecule has 0 saturated carbocycles. The van der Waals surface area contributed by atoms with Gasteiger partial charge in [0.1, 0.15) is 6.61 Å². The smallest absolute Gasteiger partial charge is 0.320 e. The number of carboxylic acid groups (broad SMARTS) is 3. The lowest BCUT2D eigenvalue weighted by Crippen LogP contribution is -2.48. The summed E-state index contributed by atoms with van der Waals surface area (Å²) in [5.74, 6) is -5.72. The topological polar surface area (TPSA) is 241 Å². The Morgan fingerprint density at radius 3 is 1.88 bits per heavy atom. The minimum Gasteiger partial charge on any atom is -0.549 e. The van der Waals surface area contributed by atoms with E-state index < -0.39 is 43.5 Å². The molecule has 0 aromatic rings. The van der Waals surface area contributed by atoms with Crippen LogP contribution < -0.4 is 10.4 Å². The third-order valence-corrected chi connectivity index (χ3v) is 6.11. The van der Waals surface area contributed by atoms with Crippen LogP contribution in [0, 0.1) is 5.41 Å². The van der Waals surface area contributed by atoms with E-state index in [0.29, 0.717) is 25.9 Å². The fourth-order valence-corrected chi connectivity index (χ4v) is 4.08. The van der Waals surface area contributed by atoms with Crippen LogP contribution in [0.1, 0.15) is 25.7 Å². The summed E-state index contributed by atoms with van der Waals surface area (Å²) in [6.45, 7) is -1.79. The lowest BCUT2D eigenvalue weighted by molar-refractivity contribution is -0.306. The Morgan fingerprint density at radius 1 is 0.814 bits per heavy atom. The Bertz CT molecular complexity index is 1000. The number of ether oxygens (including phenoxy) is 1. The molecule has 4 N–H and O–H groups in total. The number of unbranched alkanes of at least 4 members (excludes halogenated alkanes) is 3. The summed E-state index contributed by atoms with van der Waals surface area (Å²) >= 11 is 0. The molecule has 0 spiro atoms. The monoisotopic (exact) mass is 611 g/mol. The number of carboxylic acids is 3. The van der Waals surface area contributed by atoms with Crippen LogP contribution in [-0.2, 0) is 38.3 Å². The number of carbonyl (C=O) groups excluding carboxylic acids is 5. The molecule has 1 aliphatic rings. The van der Waals surface area contributed by atoms with Gasteiger partial charge in [-0.2, -0.15) is 0 Å². The van der Waals surface area contributed by atoms with Crippen LogP contribution in [0.15, 0.2) is 12.2 Å². The molecular formula is C26H39N6O11-. The molecule has 0 aromatic carbocycles. The van der Waals surface area contributed by atoms with Crippen molar-refractivity contribution >= 4 is 47.8 Å². The van der Waals surface area contributed by atoms with Gasteiger partial charge in [-0.1, -0.05) is 12.8 Å². The maximum atomic E-state index is 12.7. The van der Waals surface area contributed by atoms with Gasteiger partial charge in [0.05, 0.1) is 32.1 Å². The lowest BCUT2D eigenvalue weighted by Gasteiger charge is -2.28. The van der Waals surface area contributed by atoms with Crippen molar-refractivity contribution in [2.45, 2.75) is 25.7 Å². The maximum absolute atomic E-state index is 12.7. The predicted octanol–water partition coefficient (Wildman–Crippen LogP) is -3.39. The van der Waals surface area contributed by atoms with Crippen molar-refractivity contribution in [1.82, 2.24) is 24.9 Å². The summed E-state index contributed by atoms with van der Waals surface area (Å²) in [4.78, 5) is 86.3. The molecule has 0 fully saturated rings. The van der Waals surface area contributed by atoms with Crippen molar-refractivity contribution in [2.75, 3.05) is 78.6 Å². The molecule has 0 bridgehead atoms. The van der Waals surface area contributed by atoms with E-state index in [0.717, 1.165) is 28.9 Å². The highest BCUT2D eigenvalue weighted by Gasteiger charge is 2.22. The highest BCUT2D eigenvalue weighted by Crippen LogP contribution is 2.07. The number of amides is 3. The quantitative estimate of drug-likeness (QED) is 0.0341. The summed E-state index contributed by atoms with van der Waals surface area (Å²) in [5.41, 5.74) is 0. The van der Waals surface area contributed by atoms with E-state index in [1.807, 2.05) is 0 Å². The molecule has 3 amide bonds. The van der Waals surface area contributed by atoms with Crippen LogP contribution in [0.5, 0.6) is 0 Å². The largest absolute Gasteiger partial charge is 0.549 e. The fourth-order valence-electron chi connectivity index (χ4n) is 4.08. The second-order valence-corrected chi connectivity index (χ2v) is 9.67. The minimum absolute atomic E-state index is 0.0101. The van der Waals surface area contributed by atoms with Gasteiger partial charge in [-0.05, 0) is 12.8 Å². The SMILES string of the molecule is N=CCOC(=O)CN(CCN(CCN(CC(=O)[O-])CC(=O)O)CC(=O)NCCCCCCN1C(=O)C=CC1=O)CC(=O)O. The van der Waals surface area contributed by atoms with Gasteiger partial charge in [-0.25, -0.2) is 0 Å². The number of esters is 1. The first-order valence-corrected chi connectivity index (χ1v) is 13.7. The normalized spacial score (nSPS) is 12.8. The molecule has 1 rings (SSSR count). The summed E-state index contributed by atoms with van der Waals surface area (Å²) in [6.07, 6.45) is 6.05. The summed E-state index contributed by atoms with van der Waals surface area (Å²) < 4.78 is 4.79. The highest BCUT2D eigenvalue weighted by molar-refractivity contribution is 6.12. The molecule has 0 aromatic heterocycles. The minimum atomic E-state index is -1.48. The van der Waals surface area contributed by atoms with Crippen LogP contribution in [0.25, 0.3) is 0 Å². The van der Waals surface area contributed by atoms with Crippen LogP contribution in [0.2, 0.25) is 0 Å². The van der Waals surface area contributed by atoms with Crippen molar-refractivity contribution in [3.8, 4) is 0 Å². The first kappa shape index (κ1) is 36.8. The summed E-state index contributed by atoms with van der Waals surface area (Å²) in [6, 6.07) is 0. The van der Waals surface area contributed by atoms with Gasteiger partial charge in [-0.3, -0.25) is 48.4 Å². The molecular weight excluding hydrogens is 572 g/mol. The van der Waals surface area contributed by atoms with E-state index in [2.05, 4.69) is 5.32 Å². The van der Waals surface area contributed by atoms with Crippen LogP contribution in [-0.4, -0.2) is 156 Å². The second-order valence-electron chi connectivity index (χ2n) is 9.67. The lowest BCUT2D eigenvalue weighted by atomic mass is 10.2. The molecule has 240 valence electrons. The highest BCUT2D eigenvalue weighted by atomic mass is 16.5. The number of rotatable bonds is 25. The molecule has 0 atom stereocenters. The average Bonchev–Trinajstić information content (AvgIpc) is 3.23. The molecule has 0 aliphatic carbocycles. The number of hydrogen-bond donors (Lipinski definition) is 4. The first-order valence-electron chi connectivity index (χ1n) is 13.7. The Labute approximate surface area is 248 Å². The van der Waals surface area contributed by atoms with Crippen LogP contribution in [0.3, 0.4) is 0 Å². The molecule has 0 radical (unpaired) electrons. The van der Waals surface area contributed by atoms with E-state index in [9.17, 15) is 43.8 Å². The molecule has 43 heavy (non-hydrogen) atoms. The number of imide groups is 1. The summed E-state index contributed by atoms with van der Waals surface area (Å²) in [5, 5.41) is 39.0. The predicted molar refractivity (Wildman–Crippen MR) is 147 cm³/mol. The molecule has 17 nitrogen and oxygen atoms in total. The zero-order valence-electron chi connectivity index (χ0n) is 23.9. The van der Waals surface area contributed by atoms with Gasteiger partial charge in [0.25, 0.3) is 11.8 Å². The Hall–Kier alpha value is -4.22. The van der Waals surface area contributed by atoms with Gasteiger partial charge in [0.15, 0.2) is 0 Å². The number of carbonyl (C=O) groups is 7. The van der Waals surface area contributed by atoms with Crippen molar-refractivity contribution in [3.63, 3.8) is 0 Å². The molecule has 1 aliphatic heterocycles. The van der Waals surface area contributed by atoms with Gasteiger partial charge in [0, 0.05) is 64.2 Å². The van der Waals surface area contributed by atoms with Crippen molar-refractivity contribution in [3.05, 3.63) is 12.2 Å². The van der Waals surface area contributed by atoms with Gasteiger partial charge < -0.3 is 35.6 Å². The van der Waals surface area contributed by atoms with Gasteiger partial charge >= 0.3 is 17.9 Å². The number of nitrogens with zero attached hydrogens (tertiary/aromatic N) is 4. The van der Waals surface area contributed by atoms with Gasteiger partial charge in [-0.15, -0.1) is 0 Å². The van der Waals surface area contributed by atoms with Crippen LogP contribution >= 0.6 is 0 Å². The molecule has 0 saturated heterocycles. The Kier molecular flexibility index (Phi) is 17.7. The van der Waals surface area contributed by atoms with Gasteiger partial charge in [0.2, 0.25) is 5.91 Å². The number of aliphatic carboxylic acids is 3. The molecule has 17 heteroatoms. The first-order chi connectivity index (χ1) is 20.4. The Morgan fingerprint density at radius 2 is 1.35 bits per heavy atom. The standard InChI is InChI=1S/C26H40N6O11/c27-7-14-43-26(42)19-31(18-25(40)41)13-11-29(10-12-30(16-23(36)37)17-24(38)39)15-20(33)28-8-3-1-2-4-9-32-21(34)5-6-22(32)35/h5-7,27H,1-4,8-19H2,(H,28,33)(H,36,37)(H,38,39)(H,40,41)/p-1. The zero-order valence-corrected chi connectivity index (χ0v) is 23.9. The van der Waals surface area contributed by atoms with Crippen molar-refractivity contribution in [2.24, 2.45) is 0 Å². The third kappa shape index (κ3) is 17.4. The second kappa shape index (κ2) is 20.6. The molecule has 0 unspecified atom stereocenters. The van der Waals surface area contributed by atoms with E-state index >= 15 is 0 Å². The maximum Gasteiger partial charge on any atom is 0.320 e. The third-order valence-electron chi connectivity index (χ3n) is 6.11. The van der Waals surface area contributed by atoms with E-state index in [1.54, 1.807) is 4.90 Å². The number of nitrogens with one attached hydrogen (secondary N) is 2. The van der Waals surface area contributed by atoms with Crippen molar-refractivity contribution < 1.29 is 53.6 Å².